The van der Waals surface area contributed by atoms with Gasteiger partial charge < -0.3 is 16.8 Å². The number of nitrogens with zero attached hydrogens (tertiary/aromatic N) is 1. The highest BCUT2D eigenvalue weighted by Crippen LogP contribution is 2.05. The monoisotopic (exact) mass is 240 g/mol. The van der Waals surface area contributed by atoms with Gasteiger partial charge in [0.05, 0.1) is 5.70 Å². The number of rotatable bonds is 7. The molecule has 0 bridgehead atoms. The van der Waals surface area contributed by atoms with E-state index in [-0.39, 0.29) is 23.7 Å². The molecule has 0 aliphatic rings. The maximum atomic E-state index is 11.9. The number of hydrogen-bond donors (Lipinski definition) is 3. The van der Waals surface area contributed by atoms with E-state index in [2.05, 4.69) is 10.3 Å². The summed E-state index contributed by atoms with van der Waals surface area (Å²) in [4.78, 5) is 15.8. The van der Waals surface area contributed by atoms with Crippen molar-refractivity contribution in [3.05, 3.63) is 11.8 Å². The fraction of sp³-hybridized carbons (Fsp3) is 0.667. The van der Waals surface area contributed by atoms with Gasteiger partial charge in [-0.15, -0.1) is 0 Å². The first-order valence-electron chi connectivity index (χ1n) is 5.90. The van der Waals surface area contributed by atoms with Crippen molar-refractivity contribution in [1.82, 2.24) is 5.32 Å². The molecule has 0 radical (unpaired) electrons. The van der Waals surface area contributed by atoms with Crippen LogP contribution in [0.1, 0.15) is 34.1 Å². The molecule has 5 nitrogen and oxygen atoms in total. The van der Waals surface area contributed by atoms with Crippen LogP contribution in [0.4, 0.5) is 0 Å². The molecule has 5 N–H and O–H groups in total. The Balaban J connectivity index is 4.51. The van der Waals surface area contributed by atoms with E-state index in [9.17, 15) is 4.79 Å². The van der Waals surface area contributed by atoms with Gasteiger partial charge in [0.25, 0.3) is 0 Å². The average molecular weight is 240 g/mol. The molecule has 0 aromatic heterocycles. The Morgan fingerprint density at radius 3 is 2.29 bits per heavy atom. The van der Waals surface area contributed by atoms with E-state index >= 15 is 0 Å². The minimum Gasteiger partial charge on any atom is -0.380 e. The molecule has 0 aromatic rings. The van der Waals surface area contributed by atoms with Gasteiger partial charge in [-0.2, -0.15) is 0 Å². The molecule has 0 aromatic carbocycles. The van der Waals surface area contributed by atoms with E-state index in [1.165, 1.54) is 0 Å². The van der Waals surface area contributed by atoms with Gasteiger partial charge >= 0.3 is 0 Å². The Kier molecular flexibility index (Phi) is 7.02. The molecule has 0 atom stereocenters. The largest absolute Gasteiger partial charge is 0.380 e. The highest BCUT2D eigenvalue weighted by atomic mass is 16.1. The van der Waals surface area contributed by atoms with Crippen molar-refractivity contribution < 1.29 is 4.79 Å². The predicted molar refractivity (Wildman–Crippen MR) is 71.5 cm³/mol. The third-order valence-electron chi connectivity index (χ3n) is 2.01. The molecule has 0 saturated heterocycles. The third kappa shape index (κ3) is 7.38. The van der Waals surface area contributed by atoms with Crippen LogP contribution in [0.3, 0.4) is 0 Å². The Labute approximate surface area is 103 Å². The van der Waals surface area contributed by atoms with Crippen LogP contribution in [0.2, 0.25) is 0 Å². The lowest BCUT2D eigenvalue weighted by molar-refractivity contribution is -0.118. The van der Waals surface area contributed by atoms with Gasteiger partial charge in [0.2, 0.25) is 0 Å². The molecule has 0 fully saturated rings. The summed E-state index contributed by atoms with van der Waals surface area (Å²) in [5.74, 6) is 0.172. The van der Waals surface area contributed by atoms with E-state index in [0.717, 1.165) is 0 Å². The van der Waals surface area contributed by atoms with Crippen LogP contribution >= 0.6 is 0 Å². The number of carbonyl (C=O) groups is 1. The second-order valence-electron chi connectivity index (χ2n) is 4.53. The zero-order chi connectivity index (χ0) is 13.4. The first kappa shape index (κ1) is 15.5. The first-order chi connectivity index (χ1) is 7.84. The summed E-state index contributed by atoms with van der Waals surface area (Å²) < 4.78 is 0. The van der Waals surface area contributed by atoms with E-state index in [1.807, 2.05) is 33.8 Å². The van der Waals surface area contributed by atoms with E-state index in [1.54, 1.807) is 0 Å². The molecule has 0 unspecified atom stereocenters. The molecular weight excluding hydrogens is 216 g/mol. The quantitative estimate of drug-likeness (QED) is 0.265. The highest BCUT2D eigenvalue weighted by molar-refractivity contribution is 5.96. The maximum absolute atomic E-state index is 11.9. The minimum absolute atomic E-state index is 0.0180. The second-order valence-corrected chi connectivity index (χ2v) is 4.53. The Morgan fingerprint density at radius 2 is 1.88 bits per heavy atom. The van der Waals surface area contributed by atoms with Crippen molar-refractivity contribution in [3.63, 3.8) is 0 Å². The number of allylic oxidation sites excluding steroid dienone is 1. The van der Waals surface area contributed by atoms with E-state index in [4.69, 9.17) is 11.5 Å². The summed E-state index contributed by atoms with van der Waals surface area (Å²) in [5.41, 5.74) is 11.1. The Hall–Kier alpha value is -1.52. The highest BCUT2D eigenvalue weighted by Gasteiger charge is 2.13. The fourth-order valence-electron chi connectivity index (χ4n) is 1.26. The van der Waals surface area contributed by atoms with Crippen LogP contribution in [0, 0.1) is 5.92 Å². The third-order valence-corrected chi connectivity index (χ3v) is 2.01. The number of hydrogen-bond acceptors (Lipinski definition) is 3. The molecular formula is C12H24N4O. The van der Waals surface area contributed by atoms with E-state index in [0.29, 0.717) is 18.7 Å². The molecule has 0 aliphatic heterocycles. The van der Waals surface area contributed by atoms with Gasteiger partial charge in [-0.25, -0.2) is 0 Å². The SMILES string of the molecule is CC(C)N/C(=C/CCN=C(N)N)C(=O)C(C)C. The number of nitrogens with two attached hydrogens (primary N) is 2. The Morgan fingerprint density at radius 1 is 1.29 bits per heavy atom. The topological polar surface area (TPSA) is 93.5 Å². The molecule has 98 valence electrons. The number of nitrogens with one attached hydrogen (secondary N) is 1. The smallest absolute Gasteiger partial charge is 0.185 e. The van der Waals surface area contributed by atoms with Crippen LogP contribution in [0.5, 0.6) is 0 Å². The van der Waals surface area contributed by atoms with Crippen molar-refractivity contribution >= 4 is 11.7 Å². The number of ketones is 1. The molecule has 0 rings (SSSR count). The zero-order valence-electron chi connectivity index (χ0n) is 11.2. The van der Waals surface area contributed by atoms with Crippen molar-refractivity contribution in [2.24, 2.45) is 22.4 Å². The van der Waals surface area contributed by atoms with Crippen LogP contribution in [0.15, 0.2) is 16.8 Å². The summed E-state index contributed by atoms with van der Waals surface area (Å²) in [6.07, 6.45) is 2.50. The van der Waals surface area contributed by atoms with Crippen molar-refractivity contribution in [1.29, 1.82) is 0 Å². The molecule has 17 heavy (non-hydrogen) atoms. The molecule has 0 heterocycles. The van der Waals surface area contributed by atoms with Crippen molar-refractivity contribution in [2.75, 3.05) is 6.54 Å². The standard InChI is InChI=1S/C12H24N4O/c1-8(2)11(17)10(16-9(3)4)6-5-7-15-12(13)14/h6,8-9,16H,5,7H2,1-4H3,(H4,13,14,15)/b10-6+. The van der Waals surface area contributed by atoms with Crippen molar-refractivity contribution in [3.8, 4) is 0 Å². The zero-order valence-corrected chi connectivity index (χ0v) is 11.2. The fourth-order valence-corrected chi connectivity index (χ4v) is 1.26. The summed E-state index contributed by atoms with van der Waals surface area (Å²) in [7, 11) is 0. The van der Waals surface area contributed by atoms with Gasteiger partial charge in [0.1, 0.15) is 0 Å². The van der Waals surface area contributed by atoms with Crippen LogP contribution < -0.4 is 16.8 Å². The molecule has 0 saturated carbocycles. The lowest BCUT2D eigenvalue weighted by Crippen LogP contribution is -2.29. The van der Waals surface area contributed by atoms with Crippen LogP contribution in [-0.4, -0.2) is 24.3 Å². The van der Waals surface area contributed by atoms with Crippen LogP contribution in [-0.2, 0) is 4.79 Å². The van der Waals surface area contributed by atoms with Gasteiger partial charge in [0.15, 0.2) is 11.7 Å². The first-order valence-corrected chi connectivity index (χ1v) is 5.90. The lowest BCUT2D eigenvalue weighted by atomic mass is 10.0. The van der Waals surface area contributed by atoms with Crippen molar-refractivity contribution in [2.45, 2.75) is 40.2 Å². The molecule has 0 spiro atoms. The predicted octanol–water partition coefficient (Wildman–Crippen LogP) is 0.757. The Bertz CT molecular complexity index is 302. The molecule has 5 heteroatoms. The lowest BCUT2D eigenvalue weighted by Gasteiger charge is -2.15. The molecule has 0 amide bonds. The summed E-state index contributed by atoms with van der Waals surface area (Å²) in [6, 6.07) is 0.229. The number of guanidine groups is 1. The van der Waals surface area contributed by atoms with Gasteiger partial charge in [-0.3, -0.25) is 9.79 Å². The van der Waals surface area contributed by atoms with E-state index < -0.39 is 0 Å². The minimum atomic E-state index is -0.0180. The second kappa shape index (κ2) is 7.70. The summed E-state index contributed by atoms with van der Waals surface area (Å²) in [5, 5.41) is 3.15. The number of Topliss-reactive ketones (excluding diaryl/α,β-unsaturated/α-hetero) is 1. The van der Waals surface area contributed by atoms with Gasteiger partial charge in [0, 0.05) is 18.5 Å². The summed E-state index contributed by atoms with van der Waals surface area (Å²) in [6.45, 7) is 8.26. The number of carbonyl (C=O) groups excluding carboxylic acids is 1. The summed E-state index contributed by atoms with van der Waals surface area (Å²) >= 11 is 0. The van der Waals surface area contributed by atoms with Gasteiger partial charge in [-0.1, -0.05) is 19.9 Å². The normalized spacial score (nSPS) is 11.8. The molecule has 0 aliphatic carbocycles. The maximum Gasteiger partial charge on any atom is 0.185 e. The average Bonchev–Trinajstić information content (AvgIpc) is 2.20. The number of aliphatic imine (C=N–C) groups is 1. The van der Waals surface area contributed by atoms with Gasteiger partial charge in [-0.05, 0) is 20.3 Å². The van der Waals surface area contributed by atoms with Crippen LogP contribution in [0.25, 0.3) is 0 Å².